The molecule has 1 aromatic heterocycles. The Morgan fingerprint density at radius 1 is 0.774 bits per heavy atom. The van der Waals surface area contributed by atoms with E-state index in [0.29, 0.717) is 0 Å². The molecule has 0 spiro atoms. The average molecular weight is 412 g/mol. The number of rotatable bonds is 3. The molecule has 0 atom stereocenters. The van der Waals surface area contributed by atoms with Crippen LogP contribution in [-0.2, 0) is 5.41 Å². The maximum atomic E-state index is 2.66. The minimum atomic E-state index is 0.187. The standard InChI is InChI=1S/C29H35N2/c1-20-12-4-10-18-26(20)30-21(2)28-29(23-13-5-6-14-23,24-15-7-8-16-24)25-17-9-11-19-27(25)31(28)22(30)3/h4,9-12,17-19,23-24H,5-8,13-16H2,1-3H3/q+1. The maximum Gasteiger partial charge on any atom is 0.264 e. The molecule has 160 valence electrons. The van der Waals surface area contributed by atoms with Crippen LogP contribution in [0.15, 0.2) is 48.5 Å². The van der Waals surface area contributed by atoms with Gasteiger partial charge in [-0.15, -0.1) is 0 Å². The van der Waals surface area contributed by atoms with Gasteiger partial charge in [0.15, 0.2) is 5.69 Å². The highest BCUT2D eigenvalue weighted by Gasteiger charge is 2.60. The van der Waals surface area contributed by atoms with E-state index in [0.717, 1.165) is 11.8 Å². The summed E-state index contributed by atoms with van der Waals surface area (Å²) in [6.07, 6.45) is 11.2. The number of hydrogen-bond acceptors (Lipinski definition) is 0. The van der Waals surface area contributed by atoms with Crippen LogP contribution in [0.25, 0.3) is 11.4 Å². The van der Waals surface area contributed by atoms with Crippen molar-refractivity contribution in [2.75, 3.05) is 0 Å². The zero-order valence-corrected chi connectivity index (χ0v) is 19.3. The lowest BCUT2D eigenvalue weighted by molar-refractivity contribution is -0.607. The molecular weight excluding hydrogens is 376 g/mol. The van der Waals surface area contributed by atoms with Gasteiger partial charge in [-0.3, -0.25) is 0 Å². The van der Waals surface area contributed by atoms with Gasteiger partial charge in [0.2, 0.25) is 0 Å². The first-order chi connectivity index (χ1) is 15.2. The molecule has 6 rings (SSSR count). The van der Waals surface area contributed by atoms with E-state index >= 15 is 0 Å². The van der Waals surface area contributed by atoms with Gasteiger partial charge in [-0.25, -0.2) is 0 Å². The van der Waals surface area contributed by atoms with Crippen LogP contribution < -0.4 is 4.57 Å². The van der Waals surface area contributed by atoms with Crippen LogP contribution in [0.1, 0.15) is 79.7 Å². The van der Waals surface area contributed by atoms with E-state index in [-0.39, 0.29) is 5.41 Å². The molecule has 2 aliphatic carbocycles. The summed E-state index contributed by atoms with van der Waals surface area (Å²) in [4.78, 5) is 0. The minimum absolute atomic E-state index is 0.187. The lowest BCUT2D eigenvalue weighted by atomic mass is 9.60. The van der Waals surface area contributed by atoms with Gasteiger partial charge >= 0.3 is 0 Å². The van der Waals surface area contributed by atoms with E-state index < -0.39 is 0 Å². The molecule has 0 radical (unpaired) electrons. The van der Waals surface area contributed by atoms with Gasteiger partial charge in [0, 0.05) is 19.4 Å². The van der Waals surface area contributed by atoms with Crippen LogP contribution in [0, 0.1) is 32.6 Å². The van der Waals surface area contributed by atoms with E-state index in [1.807, 2.05) is 0 Å². The number of hydrogen-bond donors (Lipinski definition) is 0. The number of para-hydroxylation sites is 2. The third-order valence-corrected chi connectivity index (χ3v) is 8.89. The molecule has 2 heterocycles. The normalized spacial score (nSPS) is 20.4. The Morgan fingerprint density at radius 3 is 2.00 bits per heavy atom. The summed E-state index contributed by atoms with van der Waals surface area (Å²) in [5.74, 6) is 2.90. The molecule has 2 saturated carbocycles. The second kappa shape index (κ2) is 7.08. The van der Waals surface area contributed by atoms with Crippen LogP contribution in [0.5, 0.6) is 0 Å². The molecule has 0 bridgehead atoms. The first-order valence-electron chi connectivity index (χ1n) is 12.5. The summed E-state index contributed by atoms with van der Waals surface area (Å²) < 4.78 is 5.22. The highest BCUT2D eigenvalue weighted by Crippen LogP contribution is 2.59. The lowest BCUT2D eigenvalue weighted by Crippen LogP contribution is -2.44. The van der Waals surface area contributed by atoms with Crippen molar-refractivity contribution in [2.45, 2.75) is 77.6 Å². The molecule has 31 heavy (non-hydrogen) atoms. The Labute approximate surface area is 186 Å². The second-order valence-electron chi connectivity index (χ2n) is 10.3. The summed E-state index contributed by atoms with van der Waals surface area (Å²) >= 11 is 0. The number of nitrogens with zero attached hydrogens (tertiary/aromatic N) is 2. The molecule has 3 aromatic rings. The van der Waals surface area contributed by atoms with Gasteiger partial charge in [-0.2, -0.15) is 9.13 Å². The largest absolute Gasteiger partial charge is 0.264 e. The van der Waals surface area contributed by atoms with Crippen LogP contribution in [0.2, 0.25) is 0 Å². The van der Waals surface area contributed by atoms with Crippen molar-refractivity contribution >= 4 is 0 Å². The second-order valence-corrected chi connectivity index (χ2v) is 10.3. The summed E-state index contributed by atoms with van der Waals surface area (Å²) in [7, 11) is 0. The molecule has 0 N–H and O–H groups in total. The predicted octanol–water partition coefficient (Wildman–Crippen LogP) is 6.66. The van der Waals surface area contributed by atoms with E-state index in [1.54, 1.807) is 11.3 Å². The van der Waals surface area contributed by atoms with Crippen molar-refractivity contribution in [1.82, 2.24) is 4.57 Å². The molecule has 0 unspecified atom stereocenters. The van der Waals surface area contributed by atoms with Crippen LogP contribution in [0.4, 0.5) is 0 Å². The Morgan fingerprint density at radius 2 is 1.35 bits per heavy atom. The Kier molecular flexibility index (Phi) is 4.42. The topological polar surface area (TPSA) is 8.81 Å². The summed E-state index contributed by atoms with van der Waals surface area (Å²) in [6.45, 7) is 6.98. The first kappa shape index (κ1) is 19.3. The van der Waals surface area contributed by atoms with E-state index in [2.05, 4.69) is 78.4 Å². The highest BCUT2D eigenvalue weighted by atomic mass is 15.2. The fraction of sp³-hybridized carbons (Fsp3) is 0.483. The van der Waals surface area contributed by atoms with Crippen molar-refractivity contribution in [3.05, 3.63) is 76.9 Å². The smallest absolute Gasteiger partial charge is 0.197 e. The Hall–Kier alpha value is -2.35. The first-order valence-corrected chi connectivity index (χ1v) is 12.5. The van der Waals surface area contributed by atoms with Crippen LogP contribution in [0.3, 0.4) is 0 Å². The molecule has 2 aromatic carbocycles. The van der Waals surface area contributed by atoms with Crippen molar-refractivity contribution in [1.29, 1.82) is 0 Å². The van der Waals surface area contributed by atoms with Gasteiger partial charge in [-0.05, 0) is 62.1 Å². The Bertz CT molecular complexity index is 1120. The van der Waals surface area contributed by atoms with Crippen molar-refractivity contribution in [3.8, 4) is 11.4 Å². The average Bonchev–Trinajstić information content (AvgIpc) is 3.56. The monoisotopic (exact) mass is 411 g/mol. The molecule has 2 heteroatoms. The van der Waals surface area contributed by atoms with E-state index in [9.17, 15) is 0 Å². The number of benzene rings is 2. The van der Waals surface area contributed by atoms with E-state index in [4.69, 9.17) is 0 Å². The summed E-state index contributed by atoms with van der Waals surface area (Å²) in [5.41, 5.74) is 9.03. The van der Waals surface area contributed by atoms with E-state index in [1.165, 1.54) is 79.8 Å². The van der Waals surface area contributed by atoms with Gasteiger partial charge in [0.25, 0.3) is 5.82 Å². The SMILES string of the molecule is Cc1ccccc1-n1c(C)c2[n+](c1C)-c1ccccc1C2(C1CCCC1)C1CCCC1. The Balaban J connectivity index is 1.71. The number of imidazole rings is 1. The zero-order valence-electron chi connectivity index (χ0n) is 19.3. The van der Waals surface area contributed by atoms with Crippen LogP contribution >= 0.6 is 0 Å². The van der Waals surface area contributed by atoms with Gasteiger partial charge in [-0.1, -0.05) is 62.1 Å². The fourth-order valence-electron chi connectivity index (χ4n) is 7.79. The lowest BCUT2D eigenvalue weighted by Gasteiger charge is -2.40. The minimum Gasteiger partial charge on any atom is -0.197 e. The van der Waals surface area contributed by atoms with Gasteiger partial charge in [0.1, 0.15) is 17.1 Å². The molecule has 2 nitrogen and oxygen atoms in total. The third kappa shape index (κ3) is 2.48. The maximum absolute atomic E-state index is 2.66. The summed E-state index contributed by atoms with van der Waals surface area (Å²) in [5, 5.41) is 0. The number of aromatic nitrogens is 2. The molecular formula is C29H35N2+. The molecule has 2 fully saturated rings. The van der Waals surface area contributed by atoms with Crippen molar-refractivity contribution in [2.24, 2.45) is 11.8 Å². The van der Waals surface area contributed by atoms with Gasteiger partial charge in [0.05, 0.1) is 5.41 Å². The molecule has 1 aliphatic heterocycles. The molecule has 3 aliphatic rings. The van der Waals surface area contributed by atoms with Crippen LogP contribution in [-0.4, -0.2) is 4.57 Å². The molecule has 0 amide bonds. The fourth-order valence-corrected chi connectivity index (χ4v) is 7.79. The third-order valence-electron chi connectivity index (χ3n) is 8.89. The quantitative estimate of drug-likeness (QED) is 0.426. The predicted molar refractivity (Wildman–Crippen MR) is 126 cm³/mol. The molecule has 0 saturated heterocycles. The van der Waals surface area contributed by atoms with Crippen molar-refractivity contribution < 1.29 is 4.57 Å². The highest BCUT2D eigenvalue weighted by molar-refractivity contribution is 5.54. The van der Waals surface area contributed by atoms with Gasteiger partial charge < -0.3 is 0 Å². The summed E-state index contributed by atoms with van der Waals surface area (Å²) in [6, 6.07) is 18.3. The van der Waals surface area contributed by atoms with Crippen molar-refractivity contribution in [3.63, 3.8) is 0 Å². The number of aryl methyl sites for hydroxylation is 1. The zero-order chi connectivity index (χ0) is 21.2. The number of fused-ring (bicyclic) bond motifs is 3.